The van der Waals surface area contributed by atoms with E-state index in [4.69, 9.17) is 0 Å². The number of carbonyl (C=O) groups is 1. The maximum Gasteiger partial charge on any atom is 0.573 e. The number of halogens is 3. The summed E-state index contributed by atoms with van der Waals surface area (Å²) in [7, 11) is 0. The van der Waals surface area contributed by atoms with Crippen molar-refractivity contribution >= 4 is 5.91 Å². The quantitative estimate of drug-likeness (QED) is 0.820. The van der Waals surface area contributed by atoms with E-state index in [1.54, 1.807) is 0 Å². The first-order valence-corrected chi connectivity index (χ1v) is 9.80. The number of likely N-dealkylation sites (tertiary alicyclic amines) is 1. The molecule has 150 valence electrons. The number of carbonyl (C=O) groups excluding carboxylic acids is 1. The van der Waals surface area contributed by atoms with Crippen LogP contribution in [0.3, 0.4) is 0 Å². The van der Waals surface area contributed by atoms with Crippen molar-refractivity contribution in [1.82, 2.24) is 10.2 Å². The van der Waals surface area contributed by atoms with Crippen molar-refractivity contribution in [2.75, 3.05) is 19.6 Å². The third-order valence-corrected chi connectivity index (χ3v) is 5.52. The van der Waals surface area contributed by atoms with Crippen LogP contribution in [0.1, 0.15) is 55.3 Å². The summed E-state index contributed by atoms with van der Waals surface area (Å²) in [5.74, 6) is -0.113. The van der Waals surface area contributed by atoms with E-state index in [1.165, 1.54) is 49.9 Å². The molecule has 0 spiro atoms. The molecule has 1 N–H and O–H groups in total. The standard InChI is InChI=1S/C20H27F3N2O2/c21-20(22,23)27-17-10-8-15(9-11-17)19(26)24-18-7-3-2-6-16(18)14-25-12-4-1-5-13-25/h8-11,16,18H,1-7,12-14H2,(H,24,26). The van der Waals surface area contributed by atoms with Gasteiger partial charge in [-0.1, -0.05) is 19.3 Å². The number of amides is 1. The van der Waals surface area contributed by atoms with Crippen LogP contribution in [0, 0.1) is 5.92 Å². The fourth-order valence-electron chi connectivity index (χ4n) is 4.15. The van der Waals surface area contributed by atoms with Crippen LogP contribution in [0.25, 0.3) is 0 Å². The number of nitrogens with zero attached hydrogens (tertiary/aromatic N) is 1. The van der Waals surface area contributed by atoms with E-state index in [0.717, 1.165) is 38.9 Å². The average molecular weight is 384 g/mol. The molecule has 4 nitrogen and oxygen atoms in total. The Morgan fingerprint density at radius 2 is 1.70 bits per heavy atom. The number of ether oxygens (including phenoxy) is 1. The van der Waals surface area contributed by atoms with Gasteiger partial charge in [0.25, 0.3) is 5.91 Å². The average Bonchev–Trinajstić information content (AvgIpc) is 2.63. The van der Waals surface area contributed by atoms with E-state index in [9.17, 15) is 18.0 Å². The first-order valence-electron chi connectivity index (χ1n) is 9.80. The summed E-state index contributed by atoms with van der Waals surface area (Å²) in [6.45, 7) is 3.29. The number of benzene rings is 1. The highest BCUT2D eigenvalue weighted by Gasteiger charge is 2.31. The predicted molar refractivity (Wildman–Crippen MR) is 96.6 cm³/mol. The molecule has 0 bridgehead atoms. The van der Waals surface area contributed by atoms with Crippen molar-refractivity contribution in [1.29, 1.82) is 0 Å². The Morgan fingerprint density at radius 3 is 2.37 bits per heavy atom. The number of rotatable bonds is 5. The molecule has 0 aromatic heterocycles. The highest BCUT2D eigenvalue weighted by molar-refractivity contribution is 5.94. The molecule has 0 radical (unpaired) electrons. The monoisotopic (exact) mass is 384 g/mol. The molecule has 1 amide bonds. The van der Waals surface area contributed by atoms with Gasteiger partial charge in [-0.05, 0) is 69.0 Å². The number of hydrogen-bond acceptors (Lipinski definition) is 3. The second-order valence-corrected chi connectivity index (χ2v) is 7.56. The number of hydrogen-bond donors (Lipinski definition) is 1. The molecule has 1 aromatic rings. The fraction of sp³-hybridized carbons (Fsp3) is 0.650. The van der Waals surface area contributed by atoms with Crippen LogP contribution in [-0.2, 0) is 0 Å². The highest BCUT2D eigenvalue weighted by Crippen LogP contribution is 2.27. The lowest BCUT2D eigenvalue weighted by Gasteiger charge is -2.37. The van der Waals surface area contributed by atoms with Gasteiger partial charge < -0.3 is 15.0 Å². The van der Waals surface area contributed by atoms with Gasteiger partial charge in [0.2, 0.25) is 0 Å². The summed E-state index contributed by atoms with van der Waals surface area (Å²) < 4.78 is 40.6. The smallest absolute Gasteiger partial charge is 0.406 e. The maximum absolute atomic E-state index is 12.6. The summed E-state index contributed by atoms with van der Waals surface area (Å²) in [5.41, 5.74) is 0.354. The first kappa shape index (κ1) is 20.0. The molecule has 1 saturated carbocycles. The highest BCUT2D eigenvalue weighted by atomic mass is 19.4. The van der Waals surface area contributed by atoms with Crippen molar-refractivity contribution in [3.8, 4) is 5.75 Å². The van der Waals surface area contributed by atoms with Crippen LogP contribution in [0.15, 0.2) is 24.3 Å². The zero-order valence-electron chi connectivity index (χ0n) is 15.4. The lowest BCUT2D eigenvalue weighted by atomic mass is 9.83. The molecule has 27 heavy (non-hydrogen) atoms. The zero-order valence-corrected chi connectivity index (χ0v) is 15.4. The number of nitrogens with one attached hydrogen (secondary N) is 1. The van der Waals surface area contributed by atoms with Gasteiger partial charge in [0.1, 0.15) is 5.75 Å². The molecular weight excluding hydrogens is 357 g/mol. The van der Waals surface area contributed by atoms with E-state index < -0.39 is 6.36 Å². The Morgan fingerprint density at radius 1 is 1.04 bits per heavy atom. The molecule has 2 fully saturated rings. The minimum atomic E-state index is -4.73. The minimum absolute atomic E-state index is 0.124. The molecule has 2 aliphatic rings. The van der Waals surface area contributed by atoms with Gasteiger partial charge in [0.15, 0.2) is 0 Å². The molecule has 1 saturated heterocycles. The minimum Gasteiger partial charge on any atom is -0.406 e. The summed E-state index contributed by atoms with van der Waals surface area (Å²) in [6.07, 6.45) is 3.42. The summed E-state index contributed by atoms with van der Waals surface area (Å²) in [4.78, 5) is 15.1. The van der Waals surface area contributed by atoms with Crippen molar-refractivity contribution in [3.63, 3.8) is 0 Å². The van der Waals surface area contributed by atoms with E-state index in [0.29, 0.717) is 11.5 Å². The Bertz CT molecular complexity index is 613. The first-order chi connectivity index (χ1) is 12.9. The van der Waals surface area contributed by atoms with Gasteiger partial charge in [0, 0.05) is 18.2 Å². The molecule has 7 heteroatoms. The topological polar surface area (TPSA) is 41.6 Å². The maximum atomic E-state index is 12.6. The summed E-state index contributed by atoms with van der Waals surface area (Å²) in [5, 5.41) is 3.11. The molecule has 1 aliphatic carbocycles. The van der Waals surface area contributed by atoms with Crippen LogP contribution in [0.2, 0.25) is 0 Å². The molecular formula is C20H27F3N2O2. The van der Waals surface area contributed by atoms with Crippen molar-refractivity contribution in [2.24, 2.45) is 5.92 Å². The second kappa shape index (κ2) is 8.95. The summed E-state index contributed by atoms with van der Waals surface area (Å²) in [6, 6.07) is 5.22. The van der Waals surface area contributed by atoms with Gasteiger partial charge in [0.05, 0.1) is 0 Å². The van der Waals surface area contributed by atoms with Gasteiger partial charge in [-0.3, -0.25) is 4.79 Å². The molecule has 3 rings (SSSR count). The third kappa shape index (κ3) is 6.13. The van der Waals surface area contributed by atoms with E-state index in [1.807, 2.05) is 0 Å². The normalized spacial score (nSPS) is 24.4. The molecule has 1 aliphatic heterocycles. The number of piperidine rings is 1. The third-order valence-electron chi connectivity index (χ3n) is 5.52. The zero-order chi connectivity index (χ0) is 19.3. The second-order valence-electron chi connectivity index (χ2n) is 7.56. The van der Waals surface area contributed by atoms with Crippen LogP contribution in [0.5, 0.6) is 5.75 Å². The van der Waals surface area contributed by atoms with Gasteiger partial charge >= 0.3 is 6.36 Å². The van der Waals surface area contributed by atoms with E-state index in [-0.39, 0.29) is 17.7 Å². The van der Waals surface area contributed by atoms with Gasteiger partial charge in [-0.2, -0.15) is 0 Å². The lowest BCUT2D eigenvalue weighted by molar-refractivity contribution is -0.274. The molecule has 1 aromatic carbocycles. The van der Waals surface area contributed by atoms with Crippen molar-refractivity contribution in [2.45, 2.75) is 57.3 Å². The Hall–Kier alpha value is -1.76. The fourth-order valence-corrected chi connectivity index (χ4v) is 4.15. The molecule has 2 atom stereocenters. The largest absolute Gasteiger partial charge is 0.573 e. The van der Waals surface area contributed by atoms with Crippen LogP contribution < -0.4 is 10.1 Å². The Labute approximate surface area is 158 Å². The number of alkyl halides is 3. The van der Waals surface area contributed by atoms with Crippen molar-refractivity contribution < 1.29 is 22.7 Å². The van der Waals surface area contributed by atoms with Crippen molar-refractivity contribution in [3.05, 3.63) is 29.8 Å². The molecule has 2 unspecified atom stereocenters. The lowest BCUT2D eigenvalue weighted by Crippen LogP contribution is -2.47. The van der Waals surface area contributed by atoms with Crippen LogP contribution in [-0.4, -0.2) is 42.8 Å². The van der Waals surface area contributed by atoms with Crippen LogP contribution in [0.4, 0.5) is 13.2 Å². The molecule has 1 heterocycles. The SMILES string of the molecule is O=C(NC1CCCCC1CN1CCCCC1)c1ccc(OC(F)(F)F)cc1. The Balaban J connectivity index is 1.57. The predicted octanol–water partition coefficient (Wildman–Crippen LogP) is 4.36. The summed E-state index contributed by atoms with van der Waals surface area (Å²) >= 11 is 0. The van der Waals surface area contributed by atoms with E-state index in [2.05, 4.69) is 15.0 Å². The Kier molecular flexibility index (Phi) is 6.63. The van der Waals surface area contributed by atoms with Gasteiger partial charge in [-0.25, -0.2) is 0 Å². The van der Waals surface area contributed by atoms with Gasteiger partial charge in [-0.15, -0.1) is 13.2 Å². The van der Waals surface area contributed by atoms with E-state index >= 15 is 0 Å². The van der Waals surface area contributed by atoms with Crippen LogP contribution >= 0.6 is 0 Å².